The largest absolute Gasteiger partial charge is 0.344 e. The Morgan fingerprint density at radius 1 is 1.05 bits per heavy atom. The highest BCUT2D eigenvalue weighted by Crippen LogP contribution is 2.65. The molecule has 2 aliphatic rings. The summed E-state index contributed by atoms with van der Waals surface area (Å²) in [5.74, 6) is -2.50. The predicted molar refractivity (Wildman–Crippen MR) is 155 cm³/mol. The molecule has 2 heterocycles. The first-order valence-electron chi connectivity index (χ1n) is 14.3. The van der Waals surface area contributed by atoms with Gasteiger partial charge in [0.1, 0.15) is 18.1 Å². The Hall–Kier alpha value is -3.30. The van der Waals surface area contributed by atoms with Crippen molar-refractivity contribution in [2.24, 2.45) is 28.1 Å². The number of nitrogens with zero attached hydrogens (tertiary/aromatic N) is 3. The van der Waals surface area contributed by atoms with E-state index in [1.165, 1.54) is 19.0 Å². The van der Waals surface area contributed by atoms with Gasteiger partial charge in [0.2, 0.25) is 23.5 Å². The molecule has 1 aromatic heterocycles. The highest BCUT2D eigenvalue weighted by atomic mass is 16.2. The van der Waals surface area contributed by atoms with Gasteiger partial charge >= 0.3 is 0 Å². The smallest absolute Gasteiger partial charge is 0.291 e. The van der Waals surface area contributed by atoms with Crippen molar-refractivity contribution >= 4 is 29.4 Å². The van der Waals surface area contributed by atoms with Gasteiger partial charge in [0, 0.05) is 45.4 Å². The van der Waals surface area contributed by atoms with Crippen LogP contribution < -0.4 is 10.6 Å². The van der Waals surface area contributed by atoms with Gasteiger partial charge in [0.05, 0.1) is 0 Å². The maximum Gasteiger partial charge on any atom is 0.291 e. The van der Waals surface area contributed by atoms with Crippen molar-refractivity contribution in [1.82, 2.24) is 25.4 Å². The Labute approximate surface area is 244 Å². The van der Waals surface area contributed by atoms with Gasteiger partial charge in [-0.2, -0.15) is 0 Å². The van der Waals surface area contributed by atoms with E-state index in [1.54, 1.807) is 29.3 Å². The van der Waals surface area contributed by atoms with Crippen molar-refractivity contribution < 1.29 is 24.0 Å². The number of piperidine rings is 1. The van der Waals surface area contributed by atoms with Gasteiger partial charge in [0.15, 0.2) is 0 Å². The Morgan fingerprint density at radius 2 is 1.68 bits per heavy atom. The number of ketones is 1. The van der Waals surface area contributed by atoms with Crippen LogP contribution in [0.4, 0.5) is 0 Å². The van der Waals surface area contributed by atoms with Crippen LogP contribution in [-0.2, 0) is 30.4 Å². The van der Waals surface area contributed by atoms with Gasteiger partial charge in [-0.15, -0.1) is 0 Å². The average Bonchev–Trinajstić information content (AvgIpc) is 3.17. The fourth-order valence-electron chi connectivity index (χ4n) is 5.89. The summed E-state index contributed by atoms with van der Waals surface area (Å²) in [6.45, 7) is 16.1. The number of hydrogen-bond donors (Lipinski definition) is 2. The van der Waals surface area contributed by atoms with E-state index >= 15 is 0 Å². The van der Waals surface area contributed by atoms with E-state index in [1.807, 2.05) is 41.5 Å². The number of amides is 4. The van der Waals surface area contributed by atoms with Crippen LogP contribution in [0.3, 0.4) is 0 Å². The molecule has 10 heteroatoms. The fraction of sp³-hybridized carbons (Fsp3) is 0.677. The molecule has 4 amide bonds. The third-order valence-corrected chi connectivity index (χ3v) is 8.26. The third kappa shape index (κ3) is 7.32. The third-order valence-electron chi connectivity index (χ3n) is 8.26. The molecule has 0 radical (unpaired) electrons. The minimum absolute atomic E-state index is 0.0383. The van der Waals surface area contributed by atoms with Crippen molar-refractivity contribution in [3.63, 3.8) is 0 Å². The molecule has 0 bridgehead atoms. The van der Waals surface area contributed by atoms with Gasteiger partial charge in [-0.25, -0.2) is 0 Å². The van der Waals surface area contributed by atoms with Gasteiger partial charge in [-0.1, -0.05) is 61.5 Å². The Balaban J connectivity index is 1.90. The number of hydrogen-bond acceptors (Lipinski definition) is 6. The van der Waals surface area contributed by atoms with Crippen molar-refractivity contribution in [3.8, 4) is 0 Å². The van der Waals surface area contributed by atoms with Crippen molar-refractivity contribution in [1.29, 1.82) is 0 Å². The molecule has 41 heavy (non-hydrogen) atoms. The molecule has 1 aromatic rings. The van der Waals surface area contributed by atoms with Gasteiger partial charge < -0.3 is 20.4 Å². The number of likely N-dealkylation sites (N-methyl/N-ethyl adjacent to an activating group) is 1. The Bertz CT molecular complexity index is 1180. The van der Waals surface area contributed by atoms with E-state index in [0.29, 0.717) is 12.2 Å². The number of nitrogens with one attached hydrogen (secondary N) is 2. The zero-order valence-electron chi connectivity index (χ0n) is 26.2. The summed E-state index contributed by atoms with van der Waals surface area (Å²) in [5, 5.41) is 5.76. The molecule has 0 spiro atoms. The highest BCUT2D eigenvalue weighted by Gasteiger charge is 2.70. The van der Waals surface area contributed by atoms with Crippen LogP contribution in [0.2, 0.25) is 0 Å². The minimum Gasteiger partial charge on any atom is -0.344 e. The molecule has 5 atom stereocenters. The van der Waals surface area contributed by atoms with Gasteiger partial charge in [-0.05, 0) is 40.2 Å². The summed E-state index contributed by atoms with van der Waals surface area (Å²) in [5.41, 5.74) is -0.470. The van der Waals surface area contributed by atoms with E-state index in [4.69, 9.17) is 0 Å². The molecule has 2 unspecified atom stereocenters. The maximum atomic E-state index is 14.1. The fourth-order valence-corrected chi connectivity index (χ4v) is 5.89. The highest BCUT2D eigenvalue weighted by molar-refractivity contribution is 6.38. The molecule has 226 valence electrons. The van der Waals surface area contributed by atoms with Crippen molar-refractivity contribution in [2.45, 2.75) is 86.4 Å². The summed E-state index contributed by atoms with van der Waals surface area (Å²) in [6.07, 6.45) is 1.88. The topological polar surface area (TPSA) is 129 Å². The molecule has 2 N–H and O–H groups in total. The molecule has 0 aromatic carbocycles. The lowest BCUT2D eigenvalue weighted by atomic mass is 9.84. The SMILES string of the molecule is CN(C)C(=O)C(=O)[C@H](Cc1ccccn1)NC(=O)[C@@H]1[C@@H]2C(CN1C(=O)C(NC(=O)CC(C)(C)C)C(C)(C)C)C2(C)C. The standard InChI is InChI=1S/C31H47N5O5/c1-29(2,3)16-21(37)34-25(30(4,5)6)28(41)36-17-19-22(31(19,7)8)23(36)26(39)33-20(24(38)27(40)35(9)10)15-18-13-11-12-14-32-18/h11-14,19-20,22-23,25H,15-17H2,1-10H3,(H,33,39)(H,34,37)/t19?,20-,22-,23-,25?/m0/s1. The lowest BCUT2D eigenvalue weighted by Crippen LogP contribution is -2.60. The molecular weight excluding hydrogens is 522 g/mol. The predicted octanol–water partition coefficient (Wildman–Crippen LogP) is 2.22. The van der Waals surface area contributed by atoms with Crippen LogP contribution in [0.1, 0.15) is 67.5 Å². The minimum atomic E-state index is -1.14. The summed E-state index contributed by atoms with van der Waals surface area (Å²) in [6, 6.07) is 2.43. The van der Waals surface area contributed by atoms with E-state index in [2.05, 4.69) is 29.5 Å². The number of likely N-dealkylation sites (tertiary alicyclic amines) is 1. The van der Waals surface area contributed by atoms with Crippen molar-refractivity contribution in [2.75, 3.05) is 20.6 Å². The van der Waals surface area contributed by atoms with Gasteiger partial charge in [-0.3, -0.25) is 29.0 Å². The first kappa shape index (κ1) is 32.2. The number of aromatic nitrogens is 1. The lowest BCUT2D eigenvalue weighted by Gasteiger charge is -2.38. The molecule has 1 saturated carbocycles. The second kappa shape index (κ2) is 11.5. The molecule has 2 fully saturated rings. The second-order valence-electron chi connectivity index (χ2n) is 14.6. The molecule has 1 aliphatic carbocycles. The maximum absolute atomic E-state index is 14.1. The van der Waals surface area contributed by atoms with Crippen molar-refractivity contribution in [3.05, 3.63) is 30.1 Å². The summed E-state index contributed by atoms with van der Waals surface area (Å²) in [4.78, 5) is 73.8. The lowest BCUT2D eigenvalue weighted by molar-refractivity contribution is -0.147. The number of fused-ring (bicyclic) bond motifs is 1. The van der Waals surface area contributed by atoms with Crippen LogP contribution in [0, 0.1) is 28.1 Å². The number of carbonyl (C=O) groups is 5. The quantitative estimate of drug-likeness (QED) is 0.439. The molecule has 10 nitrogen and oxygen atoms in total. The second-order valence-corrected chi connectivity index (χ2v) is 14.6. The van der Waals surface area contributed by atoms with Crippen LogP contribution >= 0.6 is 0 Å². The average molecular weight is 570 g/mol. The Morgan fingerprint density at radius 3 is 2.20 bits per heavy atom. The number of carbonyl (C=O) groups excluding carboxylic acids is 5. The summed E-state index contributed by atoms with van der Waals surface area (Å²) >= 11 is 0. The number of rotatable bonds is 9. The van der Waals surface area contributed by atoms with E-state index in [9.17, 15) is 24.0 Å². The van der Waals surface area contributed by atoms with Crippen LogP contribution in [0.25, 0.3) is 0 Å². The zero-order chi connectivity index (χ0) is 31.1. The summed E-state index contributed by atoms with van der Waals surface area (Å²) in [7, 11) is 2.96. The van der Waals surface area contributed by atoms with E-state index < -0.39 is 41.1 Å². The first-order valence-corrected chi connectivity index (χ1v) is 14.3. The normalized spacial score (nSPS) is 22.7. The van der Waals surface area contributed by atoms with Crippen LogP contribution in [0.15, 0.2) is 24.4 Å². The van der Waals surface area contributed by atoms with E-state index in [-0.39, 0.29) is 47.3 Å². The van der Waals surface area contributed by atoms with Crippen LogP contribution in [0.5, 0.6) is 0 Å². The Kier molecular flexibility index (Phi) is 9.06. The number of Topliss-reactive ketones (excluding diaryl/α,β-unsaturated/α-hetero) is 1. The van der Waals surface area contributed by atoms with E-state index in [0.717, 1.165) is 0 Å². The molecule has 1 saturated heterocycles. The molecule has 1 aliphatic heterocycles. The molecule has 3 rings (SSSR count). The van der Waals surface area contributed by atoms with Gasteiger partial charge in [0.25, 0.3) is 5.91 Å². The number of pyridine rings is 1. The monoisotopic (exact) mass is 569 g/mol. The zero-order valence-corrected chi connectivity index (χ0v) is 26.2. The summed E-state index contributed by atoms with van der Waals surface area (Å²) < 4.78 is 0. The van der Waals surface area contributed by atoms with Crippen LogP contribution in [-0.4, -0.2) is 83.0 Å². The molecular formula is C31H47N5O5. The first-order chi connectivity index (χ1) is 18.8.